The highest BCUT2D eigenvalue weighted by molar-refractivity contribution is 6.30. The first kappa shape index (κ1) is 11.9. The third kappa shape index (κ3) is 2.26. The van der Waals surface area contributed by atoms with E-state index in [9.17, 15) is 4.79 Å². The van der Waals surface area contributed by atoms with E-state index in [2.05, 4.69) is 10.5 Å². The number of carbonyl (C=O) groups excluding carboxylic acids is 1. The normalized spacial score (nSPS) is 17.6. The number of nitrogens with zero attached hydrogens (tertiary/aromatic N) is 1. The Morgan fingerprint density at radius 2 is 2.00 bits per heavy atom. The van der Waals surface area contributed by atoms with Gasteiger partial charge < -0.3 is 10.5 Å². The largest absolute Gasteiger partial charge is 0.411 e. The first-order chi connectivity index (χ1) is 8.08. The fourth-order valence-electron chi connectivity index (χ4n) is 1.76. The average molecular weight is 253 g/mol. The van der Waals surface area contributed by atoms with Gasteiger partial charge in [-0.1, -0.05) is 16.8 Å². The van der Waals surface area contributed by atoms with Crippen molar-refractivity contribution in [2.24, 2.45) is 10.6 Å². The summed E-state index contributed by atoms with van der Waals surface area (Å²) in [4.78, 5) is 12.0. The topological polar surface area (TPSA) is 61.7 Å². The molecule has 0 aliphatic heterocycles. The second-order valence-electron chi connectivity index (χ2n) is 4.23. The lowest BCUT2D eigenvalue weighted by Gasteiger charge is -2.13. The molecule has 0 heterocycles. The molecule has 0 saturated heterocycles. The number of rotatable bonds is 3. The Morgan fingerprint density at radius 1 is 1.41 bits per heavy atom. The fraction of sp³-hybridized carbons (Fsp3) is 0.333. The molecule has 0 radical (unpaired) electrons. The number of carbonyl (C=O) groups is 1. The third-order valence-electron chi connectivity index (χ3n) is 3.13. The Kier molecular flexibility index (Phi) is 3.07. The van der Waals surface area contributed by atoms with Crippen LogP contribution < -0.4 is 5.32 Å². The van der Waals surface area contributed by atoms with Gasteiger partial charge >= 0.3 is 0 Å². The van der Waals surface area contributed by atoms with Crippen molar-refractivity contribution in [1.82, 2.24) is 0 Å². The lowest BCUT2D eigenvalue weighted by molar-refractivity contribution is -0.119. The predicted octanol–water partition coefficient (Wildman–Crippen LogP) is 2.91. The van der Waals surface area contributed by atoms with Crippen LogP contribution >= 0.6 is 11.6 Å². The number of amides is 1. The summed E-state index contributed by atoms with van der Waals surface area (Å²) in [6, 6.07) is 6.90. The van der Waals surface area contributed by atoms with E-state index in [1.165, 1.54) is 0 Å². The van der Waals surface area contributed by atoms with Gasteiger partial charge in [0.05, 0.1) is 11.1 Å². The van der Waals surface area contributed by atoms with Gasteiger partial charge in [0.2, 0.25) is 5.91 Å². The van der Waals surface area contributed by atoms with Crippen LogP contribution in [-0.2, 0) is 4.79 Å². The zero-order valence-corrected chi connectivity index (χ0v) is 10.2. The maximum Gasteiger partial charge on any atom is 0.236 e. The molecule has 0 spiro atoms. The van der Waals surface area contributed by atoms with Gasteiger partial charge in [0.25, 0.3) is 0 Å². The SMILES string of the molecule is CC(=NO)C1(C(=O)Nc2ccc(Cl)cc2)CC1. The van der Waals surface area contributed by atoms with Gasteiger partial charge in [0, 0.05) is 10.7 Å². The molecular formula is C12H13ClN2O2. The quantitative estimate of drug-likeness (QED) is 0.494. The third-order valence-corrected chi connectivity index (χ3v) is 3.38. The highest BCUT2D eigenvalue weighted by Crippen LogP contribution is 2.47. The van der Waals surface area contributed by atoms with Crippen LogP contribution in [0.1, 0.15) is 19.8 Å². The second kappa shape index (κ2) is 4.37. The molecule has 4 nitrogen and oxygen atoms in total. The molecule has 1 aliphatic carbocycles. The number of halogens is 1. The van der Waals surface area contributed by atoms with Gasteiger partial charge in [0.1, 0.15) is 0 Å². The van der Waals surface area contributed by atoms with E-state index in [0.717, 1.165) is 12.8 Å². The molecule has 1 aromatic carbocycles. The number of nitrogens with one attached hydrogen (secondary N) is 1. The Labute approximate surface area is 104 Å². The van der Waals surface area contributed by atoms with Gasteiger partial charge in [0.15, 0.2) is 0 Å². The smallest absolute Gasteiger partial charge is 0.236 e. The zero-order valence-electron chi connectivity index (χ0n) is 9.40. The van der Waals surface area contributed by atoms with Gasteiger partial charge in [-0.15, -0.1) is 0 Å². The molecule has 1 amide bonds. The molecule has 2 N–H and O–H groups in total. The minimum Gasteiger partial charge on any atom is -0.411 e. The van der Waals surface area contributed by atoms with Gasteiger partial charge in [-0.05, 0) is 44.0 Å². The summed E-state index contributed by atoms with van der Waals surface area (Å²) in [5.74, 6) is -0.130. The molecule has 1 fully saturated rings. The zero-order chi connectivity index (χ0) is 12.5. The van der Waals surface area contributed by atoms with E-state index in [1.807, 2.05) is 0 Å². The molecule has 0 bridgehead atoms. The lowest BCUT2D eigenvalue weighted by atomic mass is 10.0. The molecule has 1 aliphatic rings. The maximum atomic E-state index is 12.0. The van der Waals surface area contributed by atoms with Gasteiger partial charge in [-0.2, -0.15) is 0 Å². The summed E-state index contributed by atoms with van der Waals surface area (Å²) in [5.41, 5.74) is 0.536. The first-order valence-corrected chi connectivity index (χ1v) is 5.72. The molecular weight excluding hydrogens is 240 g/mol. The molecule has 17 heavy (non-hydrogen) atoms. The Bertz CT molecular complexity index is 464. The second-order valence-corrected chi connectivity index (χ2v) is 4.66. The molecule has 1 aromatic rings. The van der Waals surface area contributed by atoms with Crippen molar-refractivity contribution in [3.63, 3.8) is 0 Å². The van der Waals surface area contributed by atoms with E-state index in [-0.39, 0.29) is 5.91 Å². The Balaban J connectivity index is 2.10. The van der Waals surface area contributed by atoms with Crippen LogP contribution in [0.25, 0.3) is 0 Å². The Hall–Kier alpha value is -1.55. The number of anilines is 1. The Morgan fingerprint density at radius 3 is 2.47 bits per heavy atom. The first-order valence-electron chi connectivity index (χ1n) is 5.35. The van der Waals surface area contributed by atoms with Crippen LogP contribution in [0.15, 0.2) is 29.4 Å². The van der Waals surface area contributed by atoms with E-state index in [1.54, 1.807) is 31.2 Å². The molecule has 5 heteroatoms. The van der Waals surface area contributed by atoms with E-state index < -0.39 is 5.41 Å². The van der Waals surface area contributed by atoms with Crippen LogP contribution in [0, 0.1) is 5.41 Å². The fourth-order valence-corrected chi connectivity index (χ4v) is 1.88. The van der Waals surface area contributed by atoms with E-state index in [0.29, 0.717) is 16.4 Å². The summed E-state index contributed by atoms with van der Waals surface area (Å²) in [7, 11) is 0. The summed E-state index contributed by atoms with van der Waals surface area (Å²) in [6.07, 6.45) is 1.45. The molecule has 90 valence electrons. The lowest BCUT2D eigenvalue weighted by Crippen LogP contribution is -2.30. The number of oxime groups is 1. The standard InChI is InChI=1S/C12H13ClN2O2/c1-8(15-17)12(6-7-12)11(16)14-10-4-2-9(13)3-5-10/h2-5,17H,6-7H2,1H3,(H,14,16). The van der Waals surface area contributed by atoms with Gasteiger partial charge in [-0.25, -0.2) is 0 Å². The van der Waals surface area contributed by atoms with Crippen molar-refractivity contribution in [3.8, 4) is 0 Å². The van der Waals surface area contributed by atoms with Crippen molar-refractivity contribution in [1.29, 1.82) is 0 Å². The van der Waals surface area contributed by atoms with E-state index >= 15 is 0 Å². The minimum atomic E-state index is -0.617. The molecule has 0 atom stereocenters. The van der Waals surface area contributed by atoms with Crippen molar-refractivity contribution in [2.75, 3.05) is 5.32 Å². The van der Waals surface area contributed by atoms with Crippen molar-refractivity contribution < 1.29 is 10.0 Å². The summed E-state index contributed by atoms with van der Waals surface area (Å²) in [6.45, 7) is 1.66. The van der Waals surface area contributed by atoms with Crippen LogP contribution in [0.4, 0.5) is 5.69 Å². The number of hydrogen-bond donors (Lipinski definition) is 2. The highest BCUT2D eigenvalue weighted by atomic mass is 35.5. The summed E-state index contributed by atoms with van der Waals surface area (Å²) in [5, 5.41) is 15.3. The van der Waals surface area contributed by atoms with Crippen molar-refractivity contribution in [3.05, 3.63) is 29.3 Å². The van der Waals surface area contributed by atoms with Crippen LogP contribution in [0.5, 0.6) is 0 Å². The molecule has 0 aromatic heterocycles. The van der Waals surface area contributed by atoms with Crippen molar-refractivity contribution >= 4 is 28.9 Å². The van der Waals surface area contributed by atoms with Crippen LogP contribution in [0.3, 0.4) is 0 Å². The predicted molar refractivity (Wildman–Crippen MR) is 66.6 cm³/mol. The van der Waals surface area contributed by atoms with E-state index in [4.69, 9.17) is 16.8 Å². The molecule has 2 rings (SSSR count). The maximum absolute atomic E-state index is 12.0. The highest BCUT2D eigenvalue weighted by Gasteiger charge is 2.53. The molecule has 0 unspecified atom stereocenters. The summed E-state index contributed by atoms with van der Waals surface area (Å²) < 4.78 is 0. The number of hydrogen-bond acceptors (Lipinski definition) is 3. The van der Waals surface area contributed by atoms with Crippen LogP contribution in [-0.4, -0.2) is 16.8 Å². The summed E-state index contributed by atoms with van der Waals surface area (Å²) >= 11 is 5.76. The van der Waals surface area contributed by atoms with Crippen LogP contribution in [0.2, 0.25) is 5.02 Å². The molecule has 1 saturated carbocycles. The number of benzene rings is 1. The minimum absolute atomic E-state index is 0.130. The van der Waals surface area contributed by atoms with Gasteiger partial charge in [-0.3, -0.25) is 4.79 Å². The average Bonchev–Trinajstić information content (AvgIpc) is 3.12. The van der Waals surface area contributed by atoms with Crippen molar-refractivity contribution in [2.45, 2.75) is 19.8 Å². The monoisotopic (exact) mass is 252 g/mol.